The van der Waals surface area contributed by atoms with Crippen molar-refractivity contribution in [3.8, 4) is 0 Å². The van der Waals surface area contributed by atoms with Crippen molar-refractivity contribution in [1.82, 2.24) is 5.32 Å². The van der Waals surface area contributed by atoms with E-state index in [1.54, 1.807) is 0 Å². The van der Waals surface area contributed by atoms with Gasteiger partial charge in [0.2, 0.25) is 5.91 Å². The van der Waals surface area contributed by atoms with Crippen LogP contribution in [0.1, 0.15) is 72.1 Å². The molecule has 0 bridgehead atoms. The van der Waals surface area contributed by atoms with Crippen LogP contribution in [0.2, 0.25) is 0 Å². The van der Waals surface area contributed by atoms with E-state index < -0.39 is 0 Å². The number of nitrogens with one attached hydrogen (secondary N) is 1. The van der Waals surface area contributed by atoms with Crippen LogP contribution in [0.5, 0.6) is 0 Å². The molecule has 0 spiro atoms. The lowest BCUT2D eigenvalue weighted by Gasteiger charge is -2.60. The summed E-state index contributed by atoms with van der Waals surface area (Å²) in [5.74, 6) is 3.89. The second-order valence-electron chi connectivity index (χ2n) is 9.97. The first-order valence-corrected chi connectivity index (χ1v) is 10.3. The number of amides is 1. The SMILES string of the molecule is CC(CO)[C@H]1CC[C@H]2[C@@H]3CCC4NC(=O)CC[C@]4(C)[C@H]3CC[C@]12C. The Balaban J connectivity index is 1.60. The predicted molar refractivity (Wildman–Crippen MR) is 95.3 cm³/mol. The number of rotatable bonds is 2. The lowest BCUT2D eigenvalue weighted by Crippen LogP contribution is -2.61. The van der Waals surface area contributed by atoms with Gasteiger partial charge in [-0.1, -0.05) is 20.8 Å². The van der Waals surface area contributed by atoms with E-state index >= 15 is 0 Å². The van der Waals surface area contributed by atoms with Gasteiger partial charge in [-0.3, -0.25) is 4.79 Å². The Hall–Kier alpha value is -0.570. The van der Waals surface area contributed by atoms with Gasteiger partial charge in [-0.05, 0) is 85.4 Å². The number of aliphatic hydroxyl groups is 1. The largest absolute Gasteiger partial charge is 0.396 e. The number of piperidine rings is 1. The predicted octanol–water partition coefficient (Wildman–Crippen LogP) is 3.75. The van der Waals surface area contributed by atoms with Gasteiger partial charge in [0.25, 0.3) is 0 Å². The molecule has 2 N–H and O–H groups in total. The molecule has 8 atom stereocenters. The highest BCUT2D eigenvalue weighted by Crippen LogP contribution is 2.66. The van der Waals surface area contributed by atoms with Crippen LogP contribution < -0.4 is 5.32 Å². The highest BCUT2D eigenvalue weighted by atomic mass is 16.3. The quantitative estimate of drug-likeness (QED) is 0.808. The molecular weight excluding hydrogens is 298 g/mol. The average molecular weight is 334 g/mol. The number of aliphatic hydroxyl groups excluding tert-OH is 1. The molecule has 3 aliphatic carbocycles. The van der Waals surface area contributed by atoms with Gasteiger partial charge in [0.15, 0.2) is 0 Å². The fourth-order valence-corrected chi connectivity index (χ4v) is 7.80. The minimum Gasteiger partial charge on any atom is -0.396 e. The molecule has 4 rings (SSSR count). The van der Waals surface area contributed by atoms with Crippen molar-refractivity contribution < 1.29 is 9.90 Å². The molecule has 3 saturated carbocycles. The Labute approximate surface area is 147 Å². The third-order valence-corrected chi connectivity index (χ3v) is 9.14. The molecule has 1 heterocycles. The van der Waals surface area contributed by atoms with Crippen molar-refractivity contribution in [2.24, 2.45) is 40.4 Å². The second kappa shape index (κ2) is 5.72. The third-order valence-electron chi connectivity index (χ3n) is 9.14. The van der Waals surface area contributed by atoms with Crippen molar-refractivity contribution >= 4 is 5.91 Å². The highest BCUT2D eigenvalue weighted by molar-refractivity contribution is 5.77. The number of carbonyl (C=O) groups is 1. The summed E-state index contributed by atoms with van der Waals surface area (Å²) in [4.78, 5) is 11.9. The highest BCUT2D eigenvalue weighted by Gasteiger charge is 2.60. The molecule has 4 aliphatic rings. The average Bonchev–Trinajstić information content (AvgIpc) is 2.92. The number of hydrogen-bond donors (Lipinski definition) is 2. The van der Waals surface area contributed by atoms with Gasteiger partial charge in [0.05, 0.1) is 0 Å². The summed E-state index contributed by atoms with van der Waals surface area (Å²) in [7, 11) is 0. The molecule has 1 saturated heterocycles. The molecule has 4 fully saturated rings. The molecule has 1 amide bonds. The van der Waals surface area contributed by atoms with Gasteiger partial charge in [0.1, 0.15) is 0 Å². The maximum Gasteiger partial charge on any atom is 0.220 e. The smallest absolute Gasteiger partial charge is 0.220 e. The van der Waals surface area contributed by atoms with Gasteiger partial charge in [-0.15, -0.1) is 0 Å². The van der Waals surface area contributed by atoms with Gasteiger partial charge < -0.3 is 10.4 Å². The van der Waals surface area contributed by atoms with Crippen LogP contribution in [-0.2, 0) is 4.79 Å². The van der Waals surface area contributed by atoms with E-state index in [0.29, 0.717) is 35.3 Å². The Morgan fingerprint density at radius 3 is 2.58 bits per heavy atom. The topological polar surface area (TPSA) is 49.3 Å². The molecule has 2 unspecified atom stereocenters. The Kier molecular flexibility index (Phi) is 4.02. The van der Waals surface area contributed by atoms with Gasteiger partial charge in [-0.2, -0.15) is 0 Å². The molecule has 24 heavy (non-hydrogen) atoms. The number of carbonyl (C=O) groups excluding carboxylic acids is 1. The van der Waals surface area contributed by atoms with Crippen LogP contribution in [0.15, 0.2) is 0 Å². The van der Waals surface area contributed by atoms with Crippen LogP contribution >= 0.6 is 0 Å². The third kappa shape index (κ3) is 2.22. The Bertz CT molecular complexity index is 520. The van der Waals surface area contributed by atoms with Crippen LogP contribution in [-0.4, -0.2) is 23.7 Å². The van der Waals surface area contributed by atoms with Crippen molar-refractivity contribution in [1.29, 1.82) is 0 Å². The normalized spacial score (nSPS) is 52.0. The minimum atomic E-state index is 0.272. The molecule has 3 heteroatoms. The van der Waals surface area contributed by atoms with E-state index in [-0.39, 0.29) is 5.91 Å². The summed E-state index contributed by atoms with van der Waals surface area (Å²) in [5.41, 5.74) is 0.753. The first-order valence-electron chi connectivity index (χ1n) is 10.3. The van der Waals surface area contributed by atoms with Crippen LogP contribution in [0, 0.1) is 40.4 Å². The maximum atomic E-state index is 11.9. The van der Waals surface area contributed by atoms with E-state index in [0.717, 1.165) is 30.6 Å². The Morgan fingerprint density at radius 1 is 1.08 bits per heavy atom. The summed E-state index contributed by atoms with van der Waals surface area (Å²) < 4.78 is 0. The summed E-state index contributed by atoms with van der Waals surface area (Å²) in [6.07, 6.45) is 9.61. The van der Waals surface area contributed by atoms with Gasteiger partial charge in [0, 0.05) is 19.1 Å². The van der Waals surface area contributed by atoms with Crippen molar-refractivity contribution in [2.45, 2.75) is 78.2 Å². The maximum absolute atomic E-state index is 11.9. The van der Waals surface area contributed by atoms with E-state index in [9.17, 15) is 9.90 Å². The molecular formula is C21H35NO2. The molecule has 1 aliphatic heterocycles. The zero-order valence-corrected chi connectivity index (χ0v) is 15.7. The lowest BCUT2D eigenvalue weighted by molar-refractivity contribution is -0.137. The number of hydrogen-bond acceptors (Lipinski definition) is 2. The van der Waals surface area contributed by atoms with Crippen molar-refractivity contribution in [3.05, 3.63) is 0 Å². The van der Waals surface area contributed by atoms with Crippen LogP contribution in [0.4, 0.5) is 0 Å². The van der Waals surface area contributed by atoms with Gasteiger partial charge >= 0.3 is 0 Å². The second-order valence-corrected chi connectivity index (χ2v) is 9.97. The zero-order chi connectivity index (χ0) is 17.1. The summed E-state index contributed by atoms with van der Waals surface area (Å²) in [6.45, 7) is 7.60. The van der Waals surface area contributed by atoms with Crippen LogP contribution in [0.3, 0.4) is 0 Å². The van der Waals surface area contributed by atoms with Crippen LogP contribution in [0.25, 0.3) is 0 Å². The molecule has 0 aromatic rings. The fourth-order valence-electron chi connectivity index (χ4n) is 7.80. The van der Waals surface area contributed by atoms with E-state index in [1.165, 1.54) is 38.5 Å². The summed E-state index contributed by atoms with van der Waals surface area (Å²) in [6, 6.07) is 0.415. The molecule has 0 aromatic carbocycles. The first-order chi connectivity index (χ1) is 11.4. The standard InChI is InChI=1S/C21H35NO2/c1-13(12-23)15-5-6-16-14-4-7-18-21(3,11-9-19(24)22-18)17(14)8-10-20(15,16)2/h13-18,23H,4-12H2,1-3H3,(H,22,24)/t13?,14-,15+,16-,17-,18?,20+,21+/m0/s1. The van der Waals surface area contributed by atoms with Crippen molar-refractivity contribution in [2.75, 3.05) is 6.61 Å². The molecule has 0 radical (unpaired) electrons. The lowest BCUT2D eigenvalue weighted by atomic mass is 9.46. The molecule has 3 nitrogen and oxygen atoms in total. The van der Waals surface area contributed by atoms with E-state index in [4.69, 9.17) is 0 Å². The summed E-state index contributed by atoms with van der Waals surface area (Å²) >= 11 is 0. The van der Waals surface area contributed by atoms with E-state index in [1.807, 2.05) is 0 Å². The van der Waals surface area contributed by atoms with Crippen molar-refractivity contribution in [3.63, 3.8) is 0 Å². The minimum absolute atomic E-state index is 0.272. The fraction of sp³-hybridized carbons (Fsp3) is 0.952. The molecule has 136 valence electrons. The number of fused-ring (bicyclic) bond motifs is 5. The monoisotopic (exact) mass is 333 g/mol. The summed E-state index contributed by atoms with van der Waals surface area (Å²) in [5, 5.41) is 13.0. The zero-order valence-electron chi connectivity index (χ0n) is 15.7. The van der Waals surface area contributed by atoms with Gasteiger partial charge in [-0.25, -0.2) is 0 Å². The first kappa shape index (κ1) is 16.9. The van der Waals surface area contributed by atoms with E-state index in [2.05, 4.69) is 26.1 Å². The Morgan fingerprint density at radius 2 is 1.83 bits per heavy atom. The molecule has 0 aromatic heterocycles.